The van der Waals surface area contributed by atoms with Crippen LogP contribution in [0.4, 0.5) is 0 Å². The molecule has 82 valence electrons. The van der Waals surface area contributed by atoms with Crippen molar-refractivity contribution in [2.75, 3.05) is 13.7 Å². The molecule has 0 aliphatic heterocycles. The summed E-state index contributed by atoms with van der Waals surface area (Å²) in [6.07, 6.45) is 0. The SMILES string of the molecule is COc1ccccc1C(C)NCC(N)=O. The van der Waals surface area contributed by atoms with Crippen molar-refractivity contribution < 1.29 is 9.53 Å². The third kappa shape index (κ3) is 3.25. The number of hydrogen-bond donors (Lipinski definition) is 2. The van der Waals surface area contributed by atoms with Gasteiger partial charge in [0, 0.05) is 11.6 Å². The van der Waals surface area contributed by atoms with E-state index in [1.165, 1.54) is 0 Å². The third-order valence-electron chi connectivity index (χ3n) is 2.19. The number of carbonyl (C=O) groups is 1. The Balaban J connectivity index is 2.72. The van der Waals surface area contributed by atoms with Gasteiger partial charge in [0.25, 0.3) is 0 Å². The number of nitrogens with one attached hydrogen (secondary N) is 1. The minimum Gasteiger partial charge on any atom is -0.496 e. The highest BCUT2D eigenvalue weighted by Crippen LogP contribution is 2.23. The lowest BCUT2D eigenvalue weighted by atomic mass is 10.1. The Bertz CT molecular complexity index is 339. The van der Waals surface area contributed by atoms with Crippen molar-refractivity contribution in [2.24, 2.45) is 5.73 Å². The minimum atomic E-state index is -0.364. The van der Waals surface area contributed by atoms with Crippen LogP contribution in [0.15, 0.2) is 24.3 Å². The van der Waals surface area contributed by atoms with Crippen LogP contribution < -0.4 is 15.8 Å². The van der Waals surface area contributed by atoms with Crippen molar-refractivity contribution in [1.82, 2.24) is 5.32 Å². The molecular formula is C11H16N2O2. The van der Waals surface area contributed by atoms with E-state index in [9.17, 15) is 4.79 Å². The number of amides is 1. The number of benzene rings is 1. The number of primary amides is 1. The minimum absolute atomic E-state index is 0.0358. The lowest BCUT2D eigenvalue weighted by Gasteiger charge is -2.16. The smallest absolute Gasteiger partial charge is 0.231 e. The van der Waals surface area contributed by atoms with Crippen LogP contribution in [0.1, 0.15) is 18.5 Å². The fourth-order valence-electron chi connectivity index (χ4n) is 1.39. The number of hydrogen-bond acceptors (Lipinski definition) is 3. The number of methoxy groups -OCH3 is 1. The number of nitrogens with two attached hydrogens (primary N) is 1. The molecule has 1 unspecified atom stereocenters. The predicted molar refractivity (Wildman–Crippen MR) is 58.6 cm³/mol. The number of carbonyl (C=O) groups excluding carboxylic acids is 1. The molecule has 0 aliphatic rings. The summed E-state index contributed by atoms with van der Waals surface area (Å²) in [5, 5.41) is 3.02. The summed E-state index contributed by atoms with van der Waals surface area (Å²) in [5.41, 5.74) is 6.07. The summed E-state index contributed by atoms with van der Waals surface area (Å²) in [6.45, 7) is 2.13. The Labute approximate surface area is 89.4 Å². The van der Waals surface area contributed by atoms with E-state index in [-0.39, 0.29) is 18.5 Å². The van der Waals surface area contributed by atoms with Gasteiger partial charge in [-0.05, 0) is 13.0 Å². The lowest BCUT2D eigenvalue weighted by Crippen LogP contribution is -2.30. The molecule has 0 saturated carbocycles. The van der Waals surface area contributed by atoms with Gasteiger partial charge in [0.1, 0.15) is 5.75 Å². The van der Waals surface area contributed by atoms with Gasteiger partial charge >= 0.3 is 0 Å². The zero-order valence-corrected chi connectivity index (χ0v) is 8.99. The fourth-order valence-corrected chi connectivity index (χ4v) is 1.39. The highest BCUT2D eigenvalue weighted by Gasteiger charge is 2.10. The molecule has 0 heterocycles. The molecule has 0 bridgehead atoms. The Morgan fingerprint density at radius 3 is 2.80 bits per heavy atom. The summed E-state index contributed by atoms with van der Waals surface area (Å²) in [5.74, 6) is 0.443. The summed E-state index contributed by atoms with van der Waals surface area (Å²) >= 11 is 0. The van der Waals surface area contributed by atoms with E-state index in [0.29, 0.717) is 0 Å². The van der Waals surface area contributed by atoms with Crippen LogP contribution in [0, 0.1) is 0 Å². The molecule has 1 amide bonds. The van der Waals surface area contributed by atoms with Gasteiger partial charge in [-0.25, -0.2) is 0 Å². The van der Waals surface area contributed by atoms with Gasteiger partial charge in [-0.1, -0.05) is 18.2 Å². The first-order valence-corrected chi connectivity index (χ1v) is 4.79. The Morgan fingerprint density at radius 1 is 1.53 bits per heavy atom. The van der Waals surface area contributed by atoms with Crippen LogP contribution in [0.25, 0.3) is 0 Å². The first-order chi connectivity index (χ1) is 7.15. The van der Waals surface area contributed by atoms with Crippen LogP contribution in [-0.2, 0) is 4.79 Å². The van der Waals surface area contributed by atoms with Crippen molar-refractivity contribution in [3.8, 4) is 5.75 Å². The molecular weight excluding hydrogens is 192 g/mol. The Kier molecular flexibility index (Phi) is 4.12. The molecule has 4 nitrogen and oxygen atoms in total. The molecule has 4 heteroatoms. The number of rotatable bonds is 5. The molecule has 0 aromatic heterocycles. The van der Waals surface area contributed by atoms with Crippen LogP contribution in [-0.4, -0.2) is 19.6 Å². The van der Waals surface area contributed by atoms with Gasteiger partial charge in [0.2, 0.25) is 5.91 Å². The van der Waals surface area contributed by atoms with Gasteiger partial charge in [-0.2, -0.15) is 0 Å². The molecule has 1 aromatic carbocycles. The maximum absolute atomic E-state index is 10.6. The van der Waals surface area contributed by atoms with E-state index in [4.69, 9.17) is 10.5 Å². The third-order valence-corrected chi connectivity index (χ3v) is 2.19. The molecule has 0 fully saturated rings. The molecule has 0 aliphatic carbocycles. The fraction of sp³-hybridized carbons (Fsp3) is 0.364. The zero-order chi connectivity index (χ0) is 11.3. The van der Waals surface area contributed by atoms with E-state index < -0.39 is 0 Å². The highest BCUT2D eigenvalue weighted by atomic mass is 16.5. The number of para-hydroxylation sites is 1. The quantitative estimate of drug-likeness (QED) is 0.753. The lowest BCUT2D eigenvalue weighted by molar-refractivity contribution is -0.117. The first kappa shape index (κ1) is 11.5. The van der Waals surface area contributed by atoms with Crippen LogP contribution in [0.2, 0.25) is 0 Å². The average Bonchev–Trinajstić information content (AvgIpc) is 2.25. The average molecular weight is 208 g/mol. The first-order valence-electron chi connectivity index (χ1n) is 4.79. The van der Waals surface area contributed by atoms with E-state index in [1.54, 1.807) is 7.11 Å². The van der Waals surface area contributed by atoms with Crippen LogP contribution in [0.5, 0.6) is 5.75 Å². The van der Waals surface area contributed by atoms with E-state index >= 15 is 0 Å². The van der Waals surface area contributed by atoms with Gasteiger partial charge in [0.15, 0.2) is 0 Å². The summed E-state index contributed by atoms with van der Waals surface area (Å²) in [7, 11) is 1.62. The normalized spacial score (nSPS) is 12.1. The van der Waals surface area contributed by atoms with Crippen molar-refractivity contribution in [3.63, 3.8) is 0 Å². The van der Waals surface area contributed by atoms with Crippen molar-refractivity contribution >= 4 is 5.91 Å². The van der Waals surface area contributed by atoms with Crippen LogP contribution >= 0.6 is 0 Å². The summed E-state index contributed by atoms with van der Waals surface area (Å²) < 4.78 is 5.22. The van der Waals surface area contributed by atoms with E-state index in [0.717, 1.165) is 11.3 Å². The van der Waals surface area contributed by atoms with E-state index in [1.807, 2.05) is 31.2 Å². The summed E-state index contributed by atoms with van der Waals surface area (Å²) in [4.78, 5) is 10.6. The molecule has 15 heavy (non-hydrogen) atoms. The molecule has 1 rings (SSSR count). The van der Waals surface area contributed by atoms with Crippen molar-refractivity contribution in [3.05, 3.63) is 29.8 Å². The highest BCUT2D eigenvalue weighted by molar-refractivity contribution is 5.75. The molecule has 3 N–H and O–H groups in total. The predicted octanol–water partition coefficient (Wildman–Crippen LogP) is 0.831. The Hall–Kier alpha value is -1.55. The summed E-state index contributed by atoms with van der Waals surface area (Å²) in [6, 6.07) is 7.72. The second-order valence-electron chi connectivity index (χ2n) is 3.31. The molecule has 1 atom stereocenters. The van der Waals surface area contributed by atoms with E-state index in [2.05, 4.69) is 5.32 Å². The van der Waals surface area contributed by atoms with Gasteiger partial charge < -0.3 is 15.8 Å². The topological polar surface area (TPSA) is 64.3 Å². The maximum Gasteiger partial charge on any atom is 0.231 e. The standard InChI is InChI=1S/C11H16N2O2/c1-8(13-7-11(12)14)9-5-3-4-6-10(9)15-2/h3-6,8,13H,7H2,1-2H3,(H2,12,14). The van der Waals surface area contributed by atoms with Crippen molar-refractivity contribution in [2.45, 2.75) is 13.0 Å². The molecule has 0 radical (unpaired) electrons. The second-order valence-corrected chi connectivity index (χ2v) is 3.31. The van der Waals surface area contributed by atoms with Gasteiger partial charge in [-0.15, -0.1) is 0 Å². The zero-order valence-electron chi connectivity index (χ0n) is 8.99. The van der Waals surface area contributed by atoms with Crippen LogP contribution in [0.3, 0.4) is 0 Å². The second kappa shape index (κ2) is 5.36. The largest absolute Gasteiger partial charge is 0.496 e. The van der Waals surface area contributed by atoms with Crippen molar-refractivity contribution in [1.29, 1.82) is 0 Å². The molecule has 0 saturated heterocycles. The molecule has 1 aromatic rings. The molecule has 0 spiro atoms. The Morgan fingerprint density at radius 2 is 2.20 bits per heavy atom. The van der Waals surface area contributed by atoms with Gasteiger partial charge in [-0.3, -0.25) is 4.79 Å². The monoisotopic (exact) mass is 208 g/mol. The maximum atomic E-state index is 10.6. The number of ether oxygens (including phenoxy) is 1. The van der Waals surface area contributed by atoms with Gasteiger partial charge in [0.05, 0.1) is 13.7 Å².